The molecule has 0 radical (unpaired) electrons. The molecule has 2 aromatic heterocycles. The van der Waals surface area contributed by atoms with Crippen LogP contribution in [0.25, 0.3) is 0 Å². The Hall–Kier alpha value is -2.40. The predicted octanol–water partition coefficient (Wildman–Crippen LogP) is 1.51. The minimum Gasteiger partial charge on any atom is -0.366 e. The Morgan fingerprint density at radius 1 is 1.30 bits per heavy atom. The smallest absolute Gasteiger partial charge is 0.216 e. The zero-order chi connectivity index (χ0) is 16.4. The Balaban J connectivity index is 2.22. The number of aromatic nitrogens is 2. The Morgan fingerprint density at radius 2 is 1.96 bits per heavy atom. The SMILES string of the molecule is C[C@@]1(O)NC(=S)C(=C=N)[C@@H](c2ccncc2)[C@@H]1[n+]1ccccc1. The van der Waals surface area contributed by atoms with Crippen LogP contribution in [0, 0.1) is 5.41 Å². The lowest BCUT2D eigenvalue weighted by Gasteiger charge is -2.40. The fraction of sp³-hybridized carbons (Fsp3) is 0.235. The number of hydrogen-bond donors (Lipinski definition) is 3. The first-order chi connectivity index (χ1) is 11.0. The van der Waals surface area contributed by atoms with Gasteiger partial charge in [0.1, 0.15) is 4.99 Å². The molecule has 1 saturated heterocycles. The molecule has 0 saturated carbocycles. The number of aliphatic hydroxyl groups is 1. The minimum atomic E-state index is -1.27. The fourth-order valence-corrected chi connectivity index (χ4v) is 3.49. The summed E-state index contributed by atoms with van der Waals surface area (Å²) >= 11 is 5.34. The van der Waals surface area contributed by atoms with E-state index in [2.05, 4.69) is 16.2 Å². The number of nitrogens with one attached hydrogen (secondary N) is 2. The van der Waals surface area contributed by atoms with Gasteiger partial charge in [-0.3, -0.25) is 10.4 Å². The predicted molar refractivity (Wildman–Crippen MR) is 90.2 cm³/mol. The summed E-state index contributed by atoms with van der Waals surface area (Å²) in [5.74, 6) is 2.16. The van der Waals surface area contributed by atoms with E-state index in [4.69, 9.17) is 17.6 Å². The molecule has 2 aromatic rings. The lowest BCUT2D eigenvalue weighted by molar-refractivity contribution is -0.740. The highest BCUT2D eigenvalue weighted by Crippen LogP contribution is 2.40. The van der Waals surface area contributed by atoms with Crippen LogP contribution in [0.4, 0.5) is 0 Å². The zero-order valence-corrected chi connectivity index (χ0v) is 13.4. The van der Waals surface area contributed by atoms with E-state index in [1.54, 1.807) is 19.3 Å². The number of rotatable bonds is 2. The van der Waals surface area contributed by atoms with Gasteiger partial charge >= 0.3 is 0 Å². The summed E-state index contributed by atoms with van der Waals surface area (Å²) in [7, 11) is 0. The van der Waals surface area contributed by atoms with Crippen molar-refractivity contribution in [3.05, 3.63) is 66.3 Å². The minimum absolute atomic E-state index is 0.299. The van der Waals surface area contributed by atoms with E-state index in [9.17, 15) is 5.11 Å². The highest BCUT2D eigenvalue weighted by atomic mass is 32.1. The van der Waals surface area contributed by atoms with Gasteiger partial charge in [-0.05, 0) is 30.5 Å². The molecule has 3 atom stereocenters. The molecule has 0 aromatic carbocycles. The van der Waals surface area contributed by atoms with Gasteiger partial charge in [-0.25, -0.2) is 0 Å². The number of nitrogens with zero attached hydrogens (tertiary/aromatic N) is 2. The van der Waals surface area contributed by atoms with Crippen LogP contribution in [0.15, 0.2) is 60.7 Å². The van der Waals surface area contributed by atoms with Crippen molar-refractivity contribution in [1.82, 2.24) is 10.3 Å². The first kappa shape index (κ1) is 15.5. The average Bonchev–Trinajstić information content (AvgIpc) is 2.55. The molecule has 5 nitrogen and oxygen atoms in total. The lowest BCUT2D eigenvalue weighted by atomic mass is 9.77. The molecule has 0 bridgehead atoms. The van der Waals surface area contributed by atoms with Gasteiger partial charge in [0.2, 0.25) is 6.04 Å². The Labute approximate surface area is 139 Å². The monoisotopic (exact) mass is 325 g/mol. The molecular formula is C17H17N4OS+. The molecule has 0 amide bonds. The normalized spacial score (nSPS) is 27.2. The number of piperidine rings is 1. The topological polar surface area (TPSA) is 72.9 Å². The van der Waals surface area contributed by atoms with Crippen molar-refractivity contribution in [3.8, 4) is 0 Å². The third kappa shape index (κ3) is 2.80. The van der Waals surface area contributed by atoms with E-state index in [1.807, 2.05) is 47.3 Å². The summed E-state index contributed by atoms with van der Waals surface area (Å²) in [6.07, 6.45) is 7.18. The molecule has 3 N–H and O–H groups in total. The zero-order valence-electron chi connectivity index (χ0n) is 12.6. The molecule has 3 rings (SSSR count). The van der Waals surface area contributed by atoms with E-state index < -0.39 is 5.72 Å². The van der Waals surface area contributed by atoms with Crippen LogP contribution in [0.1, 0.15) is 24.4 Å². The second kappa shape index (κ2) is 6.01. The second-order valence-electron chi connectivity index (χ2n) is 5.67. The van der Waals surface area contributed by atoms with Gasteiger partial charge in [0, 0.05) is 24.5 Å². The molecule has 1 aliphatic rings. The van der Waals surface area contributed by atoms with Crippen LogP contribution in [-0.4, -0.2) is 26.7 Å². The molecular weight excluding hydrogens is 308 g/mol. The van der Waals surface area contributed by atoms with Crippen molar-refractivity contribution in [2.75, 3.05) is 0 Å². The van der Waals surface area contributed by atoms with Crippen LogP contribution in [0.2, 0.25) is 0 Å². The van der Waals surface area contributed by atoms with Gasteiger partial charge in [-0.1, -0.05) is 18.3 Å². The molecule has 23 heavy (non-hydrogen) atoms. The number of hydrogen-bond acceptors (Lipinski definition) is 4. The van der Waals surface area contributed by atoms with Crippen LogP contribution in [-0.2, 0) is 0 Å². The summed E-state index contributed by atoms with van der Waals surface area (Å²) < 4.78 is 1.93. The van der Waals surface area contributed by atoms with E-state index in [1.165, 1.54) is 0 Å². The molecule has 116 valence electrons. The van der Waals surface area contributed by atoms with Crippen molar-refractivity contribution < 1.29 is 9.67 Å². The third-order valence-electron chi connectivity index (χ3n) is 4.07. The summed E-state index contributed by atoms with van der Waals surface area (Å²) in [6, 6.07) is 9.10. The van der Waals surface area contributed by atoms with E-state index >= 15 is 0 Å². The summed E-state index contributed by atoms with van der Waals surface area (Å²) in [6.45, 7) is 1.69. The number of pyridine rings is 2. The van der Waals surface area contributed by atoms with Gasteiger partial charge in [0.25, 0.3) is 0 Å². The molecule has 6 heteroatoms. The van der Waals surface area contributed by atoms with Crippen molar-refractivity contribution in [3.63, 3.8) is 0 Å². The summed E-state index contributed by atoms with van der Waals surface area (Å²) in [4.78, 5) is 4.40. The molecule has 0 spiro atoms. The van der Waals surface area contributed by atoms with E-state index in [0.29, 0.717) is 10.6 Å². The molecule has 0 unspecified atom stereocenters. The van der Waals surface area contributed by atoms with Crippen molar-refractivity contribution >= 4 is 23.1 Å². The van der Waals surface area contributed by atoms with Crippen LogP contribution in [0.5, 0.6) is 0 Å². The third-order valence-corrected chi connectivity index (χ3v) is 4.40. The highest BCUT2D eigenvalue weighted by Gasteiger charge is 2.52. The maximum atomic E-state index is 11.0. The van der Waals surface area contributed by atoms with E-state index in [0.717, 1.165) is 5.56 Å². The van der Waals surface area contributed by atoms with Crippen LogP contribution >= 0.6 is 12.2 Å². The van der Waals surface area contributed by atoms with Crippen LogP contribution < -0.4 is 9.88 Å². The molecule has 3 heterocycles. The average molecular weight is 325 g/mol. The van der Waals surface area contributed by atoms with Crippen LogP contribution in [0.3, 0.4) is 0 Å². The fourth-order valence-electron chi connectivity index (χ4n) is 3.11. The van der Waals surface area contributed by atoms with Crippen molar-refractivity contribution in [1.29, 1.82) is 5.41 Å². The Kier molecular flexibility index (Phi) is 4.05. The van der Waals surface area contributed by atoms with Crippen molar-refractivity contribution in [2.24, 2.45) is 0 Å². The second-order valence-corrected chi connectivity index (χ2v) is 6.07. The maximum absolute atomic E-state index is 11.0. The molecule has 1 fully saturated rings. The van der Waals surface area contributed by atoms with Gasteiger partial charge in [0.15, 0.2) is 18.1 Å². The molecule has 0 aliphatic carbocycles. The largest absolute Gasteiger partial charge is 0.366 e. The Morgan fingerprint density at radius 3 is 2.57 bits per heavy atom. The van der Waals surface area contributed by atoms with Crippen molar-refractivity contribution in [2.45, 2.75) is 24.6 Å². The quantitative estimate of drug-likeness (QED) is 0.339. The first-order valence-corrected chi connectivity index (χ1v) is 7.65. The lowest BCUT2D eigenvalue weighted by Crippen LogP contribution is -2.65. The standard InChI is InChI=1S/C17H16N4OS/c1-17(22)15(21-9-3-2-4-10-21)14(12-5-7-19-8-6-12)13(11-18)16(23)20-17/h2-10,14-15,18,22H,1H3/p+1/t14-,15+,17+/m1/s1. The van der Waals surface area contributed by atoms with Gasteiger partial charge in [-0.15, -0.1) is 0 Å². The summed E-state index contributed by atoms with van der Waals surface area (Å²) in [5, 5.41) is 21.6. The Bertz CT molecular complexity index is 770. The first-order valence-electron chi connectivity index (χ1n) is 7.25. The maximum Gasteiger partial charge on any atom is 0.216 e. The van der Waals surface area contributed by atoms with Gasteiger partial charge in [0.05, 0.1) is 11.5 Å². The highest BCUT2D eigenvalue weighted by molar-refractivity contribution is 7.80. The van der Waals surface area contributed by atoms with Gasteiger partial charge < -0.3 is 10.4 Å². The summed E-state index contributed by atoms with van der Waals surface area (Å²) in [5.41, 5.74) is 0.219. The molecule has 1 aliphatic heterocycles. The van der Waals surface area contributed by atoms with E-state index in [-0.39, 0.29) is 12.0 Å². The van der Waals surface area contributed by atoms with Gasteiger partial charge in [-0.2, -0.15) is 4.57 Å². The number of thiocarbonyl (C=S) groups is 1.